The van der Waals surface area contributed by atoms with Crippen molar-refractivity contribution in [2.45, 2.75) is 26.2 Å². The maximum atomic E-state index is 4.05. The van der Waals surface area contributed by atoms with E-state index in [1.54, 1.807) is 0 Å². The Bertz CT molecular complexity index is 311. The van der Waals surface area contributed by atoms with Gasteiger partial charge in [0.2, 0.25) is 0 Å². The summed E-state index contributed by atoms with van der Waals surface area (Å²) < 4.78 is 0. The summed E-state index contributed by atoms with van der Waals surface area (Å²) in [6.07, 6.45) is 13.8. The molecule has 0 heterocycles. The molecule has 0 nitrogen and oxygen atoms in total. The Morgan fingerprint density at radius 1 is 1.43 bits per heavy atom. The highest BCUT2D eigenvalue weighted by Gasteiger charge is 2.00. The molecule has 0 unspecified atom stereocenters. The van der Waals surface area contributed by atoms with Crippen LogP contribution in [0.25, 0.3) is 0 Å². The molecule has 1 rings (SSSR count). The average Bonchev–Trinajstić information content (AvgIpc) is 2.26. The predicted octanol–water partition coefficient (Wildman–Crippen LogP) is 4.34. The third-order valence-electron chi connectivity index (χ3n) is 2.40. The maximum absolute atomic E-state index is 4.05. The minimum atomic E-state index is 1.00. The van der Waals surface area contributed by atoms with Crippen LogP contribution in [0, 0.1) is 0 Å². The zero-order valence-corrected chi connectivity index (χ0v) is 8.92. The molecule has 14 heavy (non-hydrogen) atoms. The Labute approximate surface area is 87.0 Å². The van der Waals surface area contributed by atoms with Gasteiger partial charge in [-0.15, -0.1) is 0 Å². The Balaban J connectivity index is 2.58. The van der Waals surface area contributed by atoms with Gasteiger partial charge in [-0.05, 0) is 30.4 Å². The van der Waals surface area contributed by atoms with Gasteiger partial charge in [0, 0.05) is 0 Å². The summed E-state index contributed by atoms with van der Waals surface area (Å²) in [5, 5.41) is 0. The molecule has 0 aromatic carbocycles. The Kier molecular flexibility index (Phi) is 4.18. The van der Waals surface area contributed by atoms with Crippen LogP contribution in [0.2, 0.25) is 0 Å². The van der Waals surface area contributed by atoms with Gasteiger partial charge in [-0.3, -0.25) is 0 Å². The minimum Gasteiger partial charge on any atom is -0.0958 e. The van der Waals surface area contributed by atoms with Gasteiger partial charge in [-0.2, -0.15) is 0 Å². The lowest BCUT2D eigenvalue weighted by molar-refractivity contribution is 0.979. The molecule has 0 saturated carbocycles. The number of rotatable bonds is 4. The van der Waals surface area contributed by atoms with Crippen molar-refractivity contribution < 1.29 is 0 Å². The molecule has 0 atom stereocenters. The average molecular weight is 186 g/mol. The predicted molar refractivity (Wildman–Crippen MR) is 64.2 cm³/mol. The largest absolute Gasteiger partial charge is 0.0958 e. The Morgan fingerprint density at radius 3 is 2.79 bits per heavy atom. The number of hydrogen-bond donors (Lipinski definition) is 0. The zero-order valence-electron chi connectivity index (χ0n) is 8.92. The van der Waals surface area contributed by atoms with Crippen molar-refractivity contribution in [3.63, 3.8) is 0 Å². The third-order valence-corrected chi connectivity index (χ3v) is 2.40. The van der Waals surface area contributed by atoms with E-state index in [9.17, 15) is 0 Å². The molecular formula is C14H18. The fourth-order valence-corrected chi connectivity index (χ4v) is 1.31. The molecule has 0 radical (unpaired) electrons. The van der Waals surface area contributed by atoms with Gasteiger partial charge in [0.05, 0.1) is 0 Å². The van der Waals surface area contributed by atoms with E-state index in [1.807, 2.05) is 0 Å². The van der Waals surface area contributed by atoms with Gasteiger partial charge in [-0.1, -0.05) is 56.0 Å². The normalized spacial score (nSPS) is 15.6. The molecular weight excluding hydrogens is 168 g/mol. The highest BCUT2D eigenvalue weighted by Crippen LogP contribution is 2.20. The van der Waals surface area contributed by atoms with Crippen LogP contribution >= 0.6 is 0 Å². The monoisotopic (exact) mass is 186 g/mol. The molecule has 0 aromatic heterocycles. The molecule has 1 aliphatic carbocycles. The first-order valence-electron chi connectivity index (χ1n) is 5.15. The lowest BCUT2D eigenvalue weighted by Gasteiger charge is -2.08. The third kappa shape index (κ3) is 3.21. The van der Waals surface area contributed by atoms with Crippen molar-refractivity contribution in [2.24, 2.45) is 0 Å². The molecule has 0 fully saturated rings. The van der Waals surface area contributed by atoms with E-state index < -0.39 is 0 Å². The fraction of sp³-hybridized carbons (Fsp3) is 0.286. The van der Waals surface area contributed by atoms with E-state index in [1.165, 1.54) is 5.57 Å². The minimum absolute atomic E-state index is 1.00. The summed E-state index contributed by atoms with van der Waals surface area (Å²) in [6, 6.07) is 0. The van der Waals surface area contributed by atoms with E-state index in [4.69, 9.17) is 0 Å². The summed E-state index contributed by atoms with van der Waals surface area (Å²) in [6.45, 7) is 10.1. The summed E-state index contributed by atoms with van der Waals surface area (Å²) in [7, 11) is 0. The first-order chi connectivity index (χ1) is 6.74. The number of allylic oxidation sites excluding steroid dienone is 8. The molecule has 0 N–H and O–H groups in total. The fourth-order valence-electron chi connectivity index (χ4n) is 1.31. The summed E-state index contributed by atoms with van der Waals surface area (Å²) >= 11 is 0. The highest BCUT2D eigenvalue weighted by molar-refractivity contribution is 5.42. The van der Waals surface area contributed by atoms with Crippen LogP contribution in [-0.2, 0) is 0 Å². The molecule has 0 aromatic rings. The molecule has 1 aliphatic rings. The summed E-state index contributed by atoms with van der Waals surface area (Å²) in [5.74, 6) is 0. The maximum Gasteiger partial charge on any atom is -0.0238 e. The van der Waals surface area contributed by atoms with E-state index in [0.29, 0.717) is 0 Å². The van der Waals surface area contributed by atoms with Crippen LogP contribution < -0.4 is 0 Å². The first-order valence-corrected chi connectivity index (χ1v) is 5.15. The van der Waals surface area contributed by atoms with Crippen molar-refractivity contribution in [3.8, 4) is 0 Å². The summed E-state index contributed by atoms with van der Waals surface area (Å²) in [5.41, 5.74) is 3.61. The van der Waals surface area contributed by atoms with E-state index in [0.717, 1.165) is 30.4 Å². The van der Waals surface area contributed by atoms with Gasteiger partial charge < -0.3 is 0 Å². The quantitative estimate of drug-likeness (QED) is 0.573. The molecule has 0 amide bonds. The molecule has 0 aliphatic heterocycles. The second-order valence-electron chi connectivity index (χ2n) is 3.53. The van der Waals surface area contributed by atoms with Gasteiger partial charge in [0.25, 0.3) is 0 Å². The number of hydrogen-bond acceptors (Lipinski definition) is 0. The van der Waals surface area contributed by atoms with Crippen LogP contribution in [-0.4, -0.2) is 0 Å². The van der Waals surface area contributed by atoms with Crippen LogP contribution in [0.15, 0.2) is 60.3 Å². The Hall–Kier alpha value is -1.30. The Morgan fingerprint density at radius 2 is 2.21 bits per heavy atom. The van der Waals surface area contributed by atoms with Crippen LogP contribution in [0.4, 0.5) is 0 Å². The van der Waals surface area contributed by atoms with Crippen molar-refractivity contribution >= 4 is 0 Å². The van der Waals surface area contributed by atoms with E-state index in [2.05, 4.69) is 50.5 Å². The van der Waals surface area contributed by atoms with Gasteiger partial charge in [0.1, 0.15) is 0 Å². The second kappa shape index (κ2) is 5.43. The summed E-state index contributed by atoms with van der Waals surface area (Å²) in [4.78, 5) is 0. The smallest absolute Gasteiger partial charge is 0.0238 e. The van der Waals surface area contributed by atoms with Gasteiger partial charge in [-0.25, -0.2) is 0 Å². The van der Waals surface area contributed by atoms with Crippen molar-refractivity contribution in [1.29, 1.82) is 0 Å². The van der Waals surface area contributed by atoms with Crippen LogP contribution in [0.3, 0.4) is 0 Å². The standard InChI is InChI=1S/C14H18/c1-4-12(2)10-11-13(3)14-8-6-5-7-9-14/h5-6,8,10-11H,2-4,7,9H2,1H3/b11-10-. The lowest BCUT2D eigenvalue weighted by atomic mass is 9.97. The van der Waals surface area contributed by atoms with Crippen molar-refractivity contribution in [3.05, 3.63) is 60.3 Å². The van der Waals surface area contributed by atoms with Crippen molar-refractivity contribution in [2.75, 3.05) is 0 Å². The van der Waals surface area contributed by atoms with E-state index >= 15 is 0 Å². The van der Waals surface area contributed by atoms with Crippen molar-refractivity contribution in [1.82, 2.24) is 0 Å². The van der Waals surface area contributed by atoms with E-state index in [-0.39, 0.29) is 0 Å². The molecule has 0 heteroatoms. The van der Waals surface area contributed by atoms with Crippen LogP contribution in [0.5, 0.6) is 0 Å². The van der Waals surface area contributed by atoms with Crippen LogP contribution in [0.1, 0.15) is 26.2 Å². The van der Waals surface area contributed by atoms with Gasteiger partial charge in [0.15, 0.2) is 0 Å². The zero-order chi connectivity index (χ0) is 10.4. The molecule has 74 valence electrons. The molecule has 0 bridgehead atoms. The SMILES string of the molecule is C=C(/C=C\C(=C)C1=CC=CCC1)CC. The topological polar surface area (TPSA) is 0 Å². The molecule has 0 saturated heterocycles. The second-order valence-corrected chi connectivity index (χ2v) is 3.53. The highest BCUT2D eigenvalue weighted by atomic mass is 14.1. The lowest BCUT2D eigenvalue weighted by Crippen LogP contribution is -1.88. The first kappa shape index (κ1) is 10.8. The van der Waals surface area contributed by atoms with Gasteiger partial charge >= 0.3 is 0 Å². The molecule has 0 spiro atoms.